The number of anilines is 1. The van der Waals surface area contributed by atoms with Crippen LogP contribution in [0.5, 0.6) is 0 Å². The van der Waals surface area contributed by atoms with E-state index in [9.17, 15) is 12.8 Å². The molecule has 0 saturated carbocycles. The van der Waals surface area contributed by atoms with Gasteiger partial charge in [-0.2, -0.15) is 5.26 Å². The molecule has 0 fully saturated rings. The molecule has 0 saturated heterocycles. The van der Waals surface area contributed by atoms with E-state index in [1.54, 1.807) is 6.07 Å². The first-order valence-corrected chi connectivity index (χ1v) is 7.31. The van der Waals surface area contributed by atoms with E-state index in [2.05, 4.69) is 0 Å². The van der Waals surface area contributed by atoms with Gasteiger partial charge in [0.25, 0.3) is 0 Å². The van der Waals surface area contributed by atoms with Crippen LogP contribution in [0, 0.1) is 17.1 Å². The summed E-state index contributed by atoms with van der Waals surface area (Å²) in [5.74, 6) is -0.510. The molecule has 0 aliphatic carbocycles. The average molecular weight is 268 g/mol. The van der Waals surface area contributed by atoms with Crippen molar-refractivity contribution < 1.29 is 12.8 Å². The number of benzene rings is 1. The lowest BCUT2D eigenvalue weighted by Gasteiger charge is -2.19. The van der Waals surface area contributed by atoms with Crippen molar-refractivity contribution in [1.29, 1.82) is 5.26 Å². The fraction of sp³-hybridized carbons (Fsp3) is 0.417. The third-order valence-corrected chi connectivity index (χ3v) is 4.78. The molecule has 1 aliphatic heterocycles. The Balaban J connectivity index is 2.22. The summed E-state index contributed by atoms with van der Waals surface area (Å²) in [6, 6.07) is 6.13. The topological polar surface area (TPSA) is 61.2 Å². The van der Waals surface area contributed by atoms with Gasteiger partial charge in [0.1, 0.15) is 5.82 Å². The Bertz CT molecular complexity index is 593. The van der Waals surface area contributed by atoms with Gasteiger partial charge in [0.15, 0.2) is 0 Å². The number of halogens is 1. The molecule has 0 aromatic heterocycles. The average Bonchev–Trinajstić information content (AvgIpc) is 2.72. The Morgan fingerprint density at radius 2 is 2.22 bits per heavy atom. The second kappa shape index (κ2) is 4.94. The number of nitriles is 1. The van der Waals surface area contributed by atoms with Gasteiger partial charge in [0, 0.05) is 13.0 Å². The molecule has 0 radical (unpaired) electrons. The van der Waals surface area contributed by atoms with Crippen LogP contribution in [0.25, 0.3) is 0 Å². The second-order valence-electron chi connectivity index (χ2n) is 4.17. The fourth-order valence-electron chi connectivity index (χ4n) is 2.06. The van der Waals surface area contributed by atoms with Gasteiger partial charge in [-0.05, 0) is 30.5 Å². The summed E-state index contributed by atoms with van der Waals surface area (Å²) in [4.78, 5) is 0. The van der Waals surface area contributed by atoms with E-state index in [1.165, 1.54) is 16.4 Å². The summed E-state index contributed by atoms with van der Waals surface area (Å²) in [6.45, 7) is 0.355. The molecule has 2 rings (SSSR count). The third kappa shape index (κ3) is 2.46. The maximum Gasteiger partial charge on any atom is 0.235 e. The highest BCUT2D eigenvalue weighted by molar-refractivity contribution is 7.92. The van der Waals surface area contributed by atoms with Crippen LogP contribution in [0.15, 0.2) is 18.2 Å². The Labute approximate surface area is 106 Å². The third-order valence-electron chi connectivity index (χ3n) is 2.93. The van der Waals surface area contributed by atoms with Gasteiger partial charge in [0.2, 0.25) is 10.0 Å². The van der Waals surface area contributed by atoms with Crippen molar-refractivity contribution in [1.82, 2.24) is 0 Å². The summed E-state index contributed by atoms with van der Waals surface area (Å²) < 4.78 is 38.6. The molecule has 6 heteroatoms. The minimum absolute atomic E-state index is 0.0729. The highest BCUT2D eigenvalue weighted by Gasteiger charge is 2.29. The summed E-state index contributed by atoms with van der Waals surface area (Å²) in [5, 5.41) is 8.41. The van der Waals surface area contributed by atoms with Crippen LogP contribution in [0.1, 0.15) is 18.4 Å². The van der Waals surface area contributed by atoms with Gasteiger partial charge < -0.3 is 0 Å². The van der Waals surface area contributed by atoms with Gasteiger partial charge in [-0.15, -0.1) is 0 Å². The van der Waals surface area contributed by atoms with Gasteiger partial charge in [-0.3, -0.25) is 4.31 Å². The predicted octanol–water partition coefficient (Wildman–Crippen LogP) is 1.82. The summed E-state index contributed by atoms with van der Waals surface area (Å²) in [5.41, 5.74) is 1.28. The van der Waals surface area contributed by atoms with Gasteiger partial charge in [-0.1, -0.05) is 6.07 Å². The SMILES string of the molecule is N#CCCCS(=O)(=O)N1CCc2ccc(F)cc21. The van der Waals surface area contributed by atoms with Crippen LogP contribution in [0.2, 0.25) is 0 Å². The lowest BCUT2D eigenvalue weighted by atomic mass is 10.2. The Kier molecular flexibility index (Phi) is 3.53. The number of unbranched alkanes of at least 4 members (excludes halogenated alkanes) is 1. The molecule has 0 spiro atoms. The Morgan fingerprint density at radius 3 is 2.94 bits per heavy atom. The quantitative estimate of drug-likeness (QED) is 0.783. The first kappa shape index (κ1) is 12.8. The van der Waals surface area contributed by atoms with E-state index in [0.717, 1.165) is 5.56 Å². The second-order valence-corrected chi connectivity index (χ2v) is 6.19. The summed E-state index contributed by atoms with van der Waals surface area (Å²) in [7, 11) is -3.45. The van der Waals surface area contributed by atoms with Crippen molar-refractivity contribution >= 4 is 15.7 Å². The maximum absolute atomic E-state index is 13.2. The van der Waals surface area contributed by atoms with Crippen LogP contribution >= 0.6 is 0 Å². The standard InChI is InChI=1S/C12H13FN2O2S/c13-11-4-3-10-5-7-15(12(10)9-11)18(16,17)8-2-1-6-14/h3-4,9H,1-2,5,7-8H2. The molecule has 1 aliphatic rings. The Hall–Kier alpha value is -1.61. The lowest BCUT2D eigenvalue weighted by Crippen LogP contribution is -2.31. The van der Waals surface area contributed by atoms with Crippen LogP contribution in [0.3, 0.4) is 0 Å². The molecule has 0 bridgehead atoms. The van der Waals surface area contributed by atoms with E-state index in [4.69, 9.17) is 5.26 Å². The molecule has 96 valence electrons. The van der Waals surface area contributed by atoms with Crippen LogP contribution in [0.4, 0.5) is 10.1 Å². The van der Waals surface area contributed by atoms with E-state index in [-0.39, 0.29) is 12.2 Å². The van der Waals surface area contributed by atoms with Crippen molar-refractivity contribution in [2.24, 2.45) is 0 Å². The number of nitrogens with zero attached hydrogens (tertiary/aromatic N) is 2. The molecule has 1 aromatic rings. The van der Waals surface area contributed by atoms with Gasteiger partial charge in [-0.25, -0.2) is 12.8 Å². The van der Waals surface area contributed by atoms with Crippen molar-refractivity contribution in [3.8, 4) is 6.07 Å². The van der Waals surface area contributed by atoms with Crippen LogP contribution in [-0.4, -0.2) is 20.7 Å². The first-order valence-electron chi connectivity index (χ1n) is 5.70. The van der Waals surface area contributed by atoms with Crippen LogP contribution < -0.4 is 4.31 Å². The molecule has 0 N–H and O–H groups in total. The lowest BCUT2D eigenvalue weighted by molar-refractivity contribution is 0.589. The molecular formula is C12H13FN2O2S. The summed E-state index contributed by atoms with van der Waals surface area (Å²) in [6.07, 6.45) is 1.12. The number of hydrogen-bond donors (Lipinski definition) is 0. The van der Waals surface area contributed by atoms with E-state index < -0.39 is 15.8 Å². The zero-order valence-electron chi connectivity index (χ0n) is 9.76. The van der Waals surface area contributed by atoms with Crippen molar-refractivity contribution in [3.63, 3.8) is 0 Å². The zero-order chi connectivity index (χ0) is 13.2. The normalized spacial score (nSPS) is 14.3. The maximum atomic E-state index is 13.2. The molecule has 0 atom stereocenters. The Morgan fingerprint density at radius 1 is 1.44 bits per heavy atom. The number of rotatable bonds is 4. The molecule has 0 amide bonds. The molecule has 0 unspecified atom stereocenters. The minimum atomic E-state index is -3.45. The monoisotopic (exact) mass is 268 g/mol. The highest BCUT2D eigenvalue weighted by atomic mass is 32.2. The van der Waals surface area contributed by atoms with E-state index in [1.807, 2.05) is 6.07 Å². The predicted molar refractivity (Wildman–Crippen MR) is 66.1 cm³/mol. The molecule has 18 heavy (non-hydrogen) atoms. The van der Waals surface area contributed by atoms with Gasteiger partial charge in [0.05, 0.1) is 17.5 Å². The number of fused-ring (bicyclic) bond motifs is 1. The molecule has 1 heterocycles. The zero-order valence-corrected chi connectivity index (χ0v) is 10.6. The van der Waals surface area contributed by atoms with Crippen molar-refractivity contribution in [2.45, 2.75) is 19.3 Å². The van der Waals surface area contributed by atoms with E-state index >= 15 is 0 Å². The van der Waals surface area contributed by atoms with Crippen molar-refractivity contribution in [3.05, 3.63) is 29.6 Å². The minimum Gasteiger partial charge on any atom is -0.270 e. The van der Waals surface area contributed by atoms with Crippen LogP contribution in [-0.2, 0) is 16.4 Å². The largest absolute Gasteiger partial charge is 0.270 e. The smallest absolute Gasteiger partial charge is 0.235 e. The van der Waals surface area contributed by atoms with Gasteiger partial charge >= 0.3 is 0 Å². The van der Waals surface area contributed by atoms with Crippen molar-refractivity contribution in [2.75, 3.05) is 16.6 Å². The number of sulfonamides is 1. The molecule has 4 nitrogen and oxygen atoms in total. The summed E-state index contributed by atoms with van der Waals surface area (Å²) >= 11 is 0. The molecular weight excluding hydrogens is 255 g/mol. The first-order chi connectivity index (χ1) is 8.54. The highest BCUT2D eigenvalue weighted by Crippen LogP contribution is 2.31. The molecule has 1 aromatic carbocycles. The van der Waals surface area contributed by atoms with E-state index in [0.29, 0.717) is 25.1 Å². The fourth-order valence-corrected chi connectivity index (χ4v) is 3.62. The number of hydrogen-bond acceptors (Lipinski definition) is 3.